The van der Waals surface area contributed by atoms with E-state index in [4.69, 9.17) is 4.74 Å². The largest absolute Gasteiger partial charge is 0.493 e. The Morgan fingerprint density at radius 1 is 1.00 bits per heavy atom. The first-order valence-electron chi connectivity index (χ1n) is 7.23. The lowest BCUT2D eigenvalue weighted by Gasteiger charge is -2.11. The second-order valence-corrected chi connectivity index (χ2v) is 5.22. The Labute approximate surface area is 124 Å². The summed E-state index contributed by atoms with van der Waals surface area (Å²) >= 11 is 0. The molecule has 0 atom stereocenters. The van der Waals surface area contributed by atoms with Crippen molar-refractivity contribution in [2.45, 2.75) is 26.8 Å². The number of para-hydroxylation sites is 2. The van der Waals surface area contributed by atoms with Crippen LogP contribution in [0.5, 0.6) is 5.75 Å². The van der Waals surface area contributed by atoms with Crippen molar-refractivity contribution in [3.63, 3.8) is 0 Å². The molecule has 0 saturated heterocycles. The van der Waals surface area contributed by atoms with Gasteiger partial charge in [0, 0.05) is 13.0 Å². The normalized spacial score (nSPS) is 11.0. The Balaban J connectivity index is 1.59. The van der Waals surface area contributed by atoms with E-state index >= 15 is 0 Å². The quantitative estimate of drug-likeness (QED) is 0.672. The Hall–Kier alpha value is -2.36. The molecule has 108 valence electrons. The number of aryl methyl sites for hydroxylation is 3. The van der Waals surface area contributed by atoms with Crippen molar-refractivity contribution in [1.29, 1.82) is 0 Å². The number of nitrogens with zero attached hydrogens (tertiary/aromatic N) is 3. The minimum atomic E-state index is 0.680. The average molecular weight is 281 g/mol. The zero-order valence-electron chi connectivity index (χ0n) is 12.4. The van der Waals surface area contributed by atoms with Crippen molar-refractivity contribution in [2.24, 2.45) is 0 Å². The van der Waals surface area contributed by atoms with Crippen molar-refractivity contribution in [1.82, 2.24) is 15.0 Å². The van der Waals surface area contributed by atoms with E-state index in [1.165, 1.54) is 11.1 Å². The lowest BCUT2D eigenvalue weighted by Crippen LogP contribution is -2.07. The summed E-state index contributed by atoms with van der Waals surface area (Å²) in [5.74, 6) is 1.00. The van der Waals surface area contributed by atoms with Crippen LogP contribution in [0.15, 0.2) is 42.5 Å². The van der Waals surface area contributed by atoms with E-state index < -0.39 is 0 Å². The third-order valence-corrected chi connectivity index (χ3v) is 3.59. The first-order chi connectivity index (χ1) is 10.3. The molecule has 4 heteroatoms. The van der Waals surface area contributed by atoms with Gasteiger partial charge in [0.05, 0.1) is 12.1 Å². The second kappa shape index (κ2) is 5.95. The molecule has 21 heavy (non-hydrogen) atoms. The van der Waals surface area contributed by atoms with Crippen molar-refractivity contribution in [2.75, 3.05) is 6.61 Å². The summed E-state index contributed by atoms with van der Waals surface area (Å²) < 4.78 is 7.85. The number of aromatic nitrogens is 3. The maximum Gasteiger partial charge on any atom is 0.125 e. The van der Waals surface area contributed by atoms with E-state index in [2.05, 4.69) is 42.4 Å². The maximum absolute atomic E-state index is 5.92. The molecule has 0 saturated carbocycles. The Morgan fingerprint density at radius 3 is 2.57 bits per heavy atom. The van der Waals surface area contributed by atoms with Crippen LogP contribution in [-0.4, -0.2) is 21.6 Å². The zero-order chi connectivity index (χ0) is 14.7. The van der Waals surface area contributed by atoms with Crippen molar-refractivity contribution >= 4 is 11.0 Å². The lowest BCUT2D eigenvalue weighted by atomic mass is 10.1. The summed E-state index contributed by atoms with van der Waals surface area (Å²) in [4.78, 5) is 0. The van der Waals surface area contributed by atoms with E-state index in [0.29, 0.717) is 6.61 Å². The highest BCUT2D eigenvalue weighted by atomic mass is 16.5. The number of ether oxygens (including phenoxy) is 1. The lowest BCUT2D eigenvalue weighted by molar-refractivity contribution is 0.295. The number of fused-ring (bicyclic) bond motifs is 1. The van der Waals surface area contributed by atoms with Gasteiger partial charge in [-0.2, -0.15) is 0 Å². The molecule has 1 aromatic heterocycles. The Kier molecular flexibility index (Phi) is 3.86. The van der Waals surface area contributed by atoms with Crippen LogP contribution in [0.2, 0.25) is 0 Å². The van der Waals surface area contributed by atoms with Gasteiger partial charge in [-0.25, -0.2) is 4.68 Å². The fourth-order valence-electron chi connectivity index (χ4n) is 2.50. The summed E-state index contributed by atoms with van der Waals surface area (Å²) in [6.07, 6.45) is 0.904. The summed E-state index contributed by atoms with van der Waals surface area (Å²) in [6.45, 7) is 5.64. The predicted octanol–water partition coefficient (Wildman–Crippen LogP) is 3.52. The predicted molar refractivity (Wildman–Crippen MR) is 83.6 cm³/mol. The van der Waals surface area contributed by atoms with E-state index in [-0.39, 0.29) is 0 Å². The molecule has 3 aromatic rings. The number of benzene rings is 2. The minimum Gasteiger partial charge on any atom is -0.493 e. The van der Waals surface area contributed by atoms with Crippen LogP contribution in [0, 0.1) is 13.8 Å². The molecule has 0 aliphatic heterocycles. The summed E-state index contributed by atoms with van der Waals surface area (Å²) in [7, 11) is 0. The van der Waals surface area contributed by atoms with Crippen LogP contribution < -0.4 is 4.74 Å². The molecule has 0 unspecified atom stereocenters. The van der Waals surface area contributed by atoms with Gasteiger partial charge in [0.2, 0.25) is 0 Å². The molecule has 0 radical (unpaired) electrons. The van der Waals surface area contributed by atoms with Gasteiger partial charge in [-0.1, -0.05) is 35.5 Å². The van der Waals surface area contributed by atoms with Gasteiger partial charge in [-0.3, -0.25) is 0 Å². The standard InChI is InChI=1S/C17H19N3O/c1-13-7-5-8-14(2)17(13)21-12-6-11-20-16-10-4-3-9-15(16)18-19-20/h3-5,7-10H,6,11-12H2,1-2H3. The monoisotopic (exact) mass is 281 g/mol. The molecule has 0 aliphatic carbocycles. The van der Waals surface area contributed by atoms with Gasteiger partial charge in [-0.05, 0) is 37.1 Å². The average Bonchev–Trinajstić information content (AvgIpc) is 2.89. The SMILES string of the molecule is Cc1cccc(C)c1OCCCn1nnc2ccccc21. The number of hydrogen-bond acceptors (Lipinski definition) is 3. The third-order valence-electron chi connectivity index (χ3n) is 3.59. The molecule has 0 fully saturated rings. The van der Waals surface area contributed by atoms with Crippen LogP contribution in [0.4, 0.5) is 0 Å². The van der Waals surface area contributed by atoms with Gasteiger partial charge in [0.25, 0.3) is 0 Å². The molecule has 0 N–H and O–H groups in total. The fraction of sp³-hybridized carbons (Fsp3) is 0.294. The summed E-state index contributed by atoms with van der Waals surface area (Å²) in [6, 6.07) is 14.2. The first-order valence-corrected chi connectivity index (χ1v) is 7.23. The van der Waals surface area contributed by atoms with E-state index in [1.54, 1.807) is 0 Å². The minimum absolute atomic E-state index is 0.680. The highest BCUT2D eigenvalue weighted by Crippen LogP contribution is 2.22. The Bertz CT molecular complexity index is 728. The zero-order valence-corrected chi connectivity index (χ0v) is 12.4. The highest BCUT2D eigenvalue weighted by molar-refractivity contribution is 5.73. The second-order valence-electron chi connectivity index (χ2n) is 5.22. The molecule has 2 aromatic carbocycles. The molecule has 4 nitrogen and oxygen atoms in total. The van der Waals surface area contributed by atoms with E-state index in [0.717, 1.165) is 29.7 Å². The molecule has 0 spiro atoms. The van der Waals surface area contributed by atoms with Crippen molar-refractivity contribution in [3.05, 3.63) is 53.6 Å². The van der Waals surface area contributed by atoms with Gasteiger partial charge < -0.3 is 4.74 Å². The molecular weight excluding hydrogens is 262 g/mol. The van der Waals surface area contributed by atoms with Gasteiger partial charge in [0.1, 0.15) is 11.3 Å². The smallest absolute Gasteiger partial charge is 0.125 e. The molecular formula is C17H19N3O. The van der Waals surface area contributed by atoms with Crippen LogP contribution in [0.25, 0.3) is 11.0 Å². The van der Waals surface area contributed by atoms with Crippen molar-refractivity contribution < 1.29 is 4.74 Å². The van der Waals surface area contributed by atoms with E-state index in [1.807, 2.05) is 28.9 Å². The fourth-order valence-corrected chi connectivity index (χ4v) is 2.50. The van der Waals surface area contributed by atoms with Gasteiger partial charge in [-0.15, -0.1) is 5.10 Å². The summed E-state index contributed by atoms with van der Waals surface area (Å²) in [5, 5.41) is 8.34. The Morgan fingerprint density at radius 2 is 1.76 bits per heavy atom. The number of hydrogen-bond donors (Lipinski definition) is 0. The molecule has 3 rings (SSSR count). The van der Waals surface area contributed by atoms with Crippen LogP contribution in [-0.2, 0) is 6.54 Å². The topological polar surface area (TPSA) is 39.9 Å². The number of rotatable bonds is 5. The van der Waals surface area contributed by atoms with Crippen molar-refractivity contribution in [3.8, 4) is 5.75 Å². The van der Waals surface area contributed by atoms with Crippen LogP contribution in [0.1, 0.15) is 17.5 Å². The van der Waals surface area contributed by atoms with Crippen LogP contribution >= 0.6 is 0 Å². The molecule has 0 bridgehead atoms. The van der Waals surface area contributed by atoms with E-state index in [9.17, 15) is 0 Å². The molecule has 0 amide bonds. The van der Waals surface area contributed by atoms with Gasteiger partial charge >= 0.3 is 0 Å². The summed E-state index contributed by atoms with van der Waals surface area (Å²) in [5.41, 5.74) is 4.38. The molecule has 1 heterocycles. The highest BCUT2D eigenvalue weighted by Gasteiger charge is 2.05. The van der Waals surface area contributed by atoms with Crippen LogP contribution in [0.3, 0.4) is 0 Å². The third kappa shape index (κ3) is 2.89. The maximum atomic E-state index is 5.92. The first kappa shape index (κ1) is 13.6. The van der Waals surface area contributed by atoms with Gasteiger partial charge in [0.15, 0.2) is 0 Å². The molecule has 0 aliphatic rings.